The molecule has 1 amide bonds. The number of hydrogen-bond donors (Lipinski definition) is 1. The average molecular weight is 360 g/mol. The van der Waals surface area contributed by atoms with Crippen molar-refractivity contribution < 1.29 is 18.7 Å². The van der Waals surface area contributed by atoms with Gasteiger partial charge in [0.1, 0.15) is 11.4 Å². The second-order valence-electron chi connectivity index (χ2n) is 6.54. The maximum Gasteiger partial charge on any atom is 0.307 e. The molecule has 2 heterocycles. The Hall–Kier alpha value is -2.28. The highest BCUT2D eigenvalue weighted by Crippen LogP contribution is 2.46. The van der Waals surface area contributed by atoms with Crippen LogP contribution in [0.5, 0.6) is 0 Å². The number of rotatable bonds is 3. The quantitative estimate of drug-likeness (QED) is 0.846. The molecule has 1 aromatic heterocycles. The lowest BCUT2D eigenvalue weighted by Gasteiger charge is -2.27. The third-order valence-corrected chi connectivity index (χ3v) is 5.72. The van der Waals surface area contributed by atoms with E-state index in [2.05, 4.69) is 10.3 Å². The molecule has 25 heavy (non-hydrogen) atoms. The molecule has 1 aromatic carbocycles. The minimum Gasteiger partial charge on any atom is -0.458 e. The molecule has 2 aliphatic rings. The Morgan fingerprint density at radius 2 is 2.00 bits per heavy atom. The molecule has 2 aromatic rings. The van der Waals surface area contributed by atoms with Crippen LogP contribution in [-0.4, -0.2) is 22.5 Å². The van der Waals surface area contributed by atoms with Gasteiger partial charge in [-0.3, -0.25) is 9.59 Å². The Morgan fingerprint density at radius 1 is 1.28 bits per heavy atom. The van der Waals surface area contributed by atoms with Crippen molar-refractivity contribution in [3.63, 3.8) is 0 Å². The van der Waals surface area contributed by atoms with E-state index in [1.807, 2.05) is 5.38 Å². The maximum absolute atomic E-state index is 13.0. The third-order valence-electron chi connectivity index (χ3n) is 4.96. The molecule has 1 unspecified atom stereocenters. The van der Waals surface area contributed by atoms with Gasteiger partial charge >= 0.3 is 5.97 Å². The van der Waals surface area contributed by atoms with E-state index >= 15 is 0 Å². The number of hydrogen-bond acceptors (Lipinski definition) is 5. The largest absolute Gasteiger partial charge is 0.458 e. The topological polar surface area (TPSA) is 68.3 Å². The first-order valence-electron chi connectivity index (χ1n) is 8.30. The number of ether oxygens (including phenoxy) is 1. The van der Waals surface area contributed by atoms with E-state index in [9.17, 15) is 14.0 Å². The SMILES string of the molecule is O=C1CC(C(=O)Nc2nc(-c3ccc(F)cc3)cs2)C2(CCCC2)O1. The van der Waals surface area contributed by atoms with E-state index in [4.69, 9.17) is 4.74 Å². The van der Waals surface area contributed by atoms with Crippen molar-refractivity contribution in [1.82, 2.24) is 4.98 Å². The van der Waals surface area contributed by atoms with Gasteiger partial charge in [-0.1, -0.05) is 0 Å². The molecule has 2 fully saturated rings. The van der Waals surface area contributed by atoms with Gasteiger partial charge in [-0.05, 0) is 49.9 Å². The zero-order chi connectivity index (χ0) is 17.4. The summed E-state index contributed by atoms with van der Waals surface area (Å²) in [5.74, 6) is -1.28. The van der Waals surface area contributed by atoms with Crippen molar-refractivity contribution in [2.24, 2.45) is 5.92 Å². The molecule has 1 aliphatic heterocycles. The fourth-order valence-electron chi connectivity index (χ4n) is 3.72. The molecular weight excluding hydrogens is 343 g/mol. The number of thiazole rings is 1. The number of carbonyl (C=O) groups is 2. The fourth-order valence-corrected chi connectivity index (χ4v) is 4.45. The summed E-state index contributed by atoms with van der Waals surface area (Å²) < 4.78 is 18.5. The molecular formula is C18H17FN2O3S. The van der Waals surface area contributed by atoms with Crippen LogP contribution in [0.4, 0.5) is 9.52 Å². The van der Waals surface area contributed by atoms with Gasteiger partial charge in [0.05, 0.1) is 18.0 Å². The van der Waals surface area contributed by atoms with Crippen LogP contribution in [0.3, 0.4) is 0 Å². The monoisotopic (exact) mass is 360 g/mol. The molecule has 4 rings (SSSR count). The Bertz CT molecular complexity index is 812. The summed E-state index contributed by atoms with van der Waals surface area (Å²) in [6.07, 6.45) is 3.57. The number of esters is 1. The number of benzene rings is 1. The van der Waals surface area contributed by atoms with Crippen molar-refractivity contribution in [1.29, 1.82) is 0 Å². The first kappa shape index (κ1) is 16.2. The van der Waals surface area contributed by atoms with E-state index in [0.29, 0.717) is 10.8 Å². The molecule has 1 saturated carbocycles. The standard InChI is InChI=1S/C18H17FN2O3S/c19-12-5-3-11(4-6-12)14-10-25-17(20-14)21-16(23)13-9-15(22)24-18(13)7-1-2-8-18/h3-6,10,13H,1-2,7-9H2,(H,20,21,23). The van der Waals surface area contributed by atoms with E-state index in [1.165, 1.54) is 23.5 Å². The lowest BCUT2D eigenvalue weighted by molar-refractivity contribution is -0.149. The normalized spacial score (nSPS) is 21.5. The summed E-state index contributed by atoms with van der Waals surface area (Å²) >= 11 is 1.30. The average Bonchev–Trinajstić information content (AvgIpc) is 3.30. The molecule has 130 valence electrons. The molecule has 1 spiro atoms. The Labute approximate surface area is 148 Å². The van der Waals surface area contributed by atoms with Gasteiger partial charge < -0.3 is 10.1 Å². The van der Waals surface area contributed by atoms with Crippen molar-refractivity contribution in [3.8, 4) is 11.3 Å². The Morgan fingerprint density at radius 3 is 2.72 bits per heavy atom. The fraction of sp³-hybridized carbons (Fsp3) is 0.389. The summed E-state index contributed by atoms with van der Waals surface area (Å²) in [4.78, 5) is 28.8. The van der Waals surface area contributed by atoms with Crippen molar-refractivity contribution >= 4 is 28.3 Å². The molecule has 7 heteroatoms. The zero-order valence-electron chi connectivity index (χ0n) is 13.5. The first-order valence-corrected chi connectivity index (χ1v) is 9.18. The van der Waals surface area contributed by atoms with Crippen LogP contribution in [-0.2, 0) is 14.3 Å². The highest BCUT2D eigenvalue weighted by atomic mass is 32.1. The second kappa shape index (κ2) is 6.22. The van der Waals surface area contributed by atoms with Gasteiger partial charge in [0, 0.05) is 10.9 Å². The minimum absolute atomic E-state index is 0.127. The first-order chi connectivity index (χ1) is 12.1. The molecule has 1 aliphatic carbocycles. The second-order valence-corrected chi connectivity index (χ2v) is 7.39. The predicted octanol–water partition coefficient (Wildman–Crippen LogP) is 3.76. The summed E-state index contributed by atoms with van der Waals surface area (Å²) in [5, 5.41) is 5.10. The van der Waals surface area contributed by atoms with Crippen LogP contribution in [0.1, 0.15) is 32.1 Å². The predicted molar refractivity (Wildman–Crippen MR) is 91.5 cm³/mol. The number of amides is 1. The minimum atomic E-state index is -0.627. The van der Waals surface area contributed by atoms with Crippen LogP contribution in [0.2, 0.25) is 0 Å². The van der Waals surface area contributed by atoms with E-state index in [-0.39, 0.29) is 24.1 Å². The molecule has 0 radical (unpaired) electrons. The maximum atomic E-state index is 13.0. The molecule has 1 saturated heterocycles. The third kappa shape index (κ3) is 3.04. The molecule has 1 N–H and O–H groups in total. The number of anilines is 1. The molecule has 5 nitrogen and oxygen atoms in total. The van der Waals surface area contributed by atoms with Gasteiger partial charge in [0.2, 0.25) is 5.91 Å². The lowest BCUT2D eigenvalue weighted by Crippen LogP contribution is -2.39. The highest BCUT2D eigenvalue weighted by Gasteiger charge is 2.54. The van der Waals surface area contributed by atoms with Crippen molar-refractivity contribution in [2.45, 2.75) is 37.7 Å². The van der Waals surface area contributed by atoms with Crippen molar-refractivity contribution in [3.05, 3.63) is 35.5 Å². The van der Waals surface area contributed by atoms with Crippen LogP contribution in [0, 0.1) is 11.7 Å². The summed E-state index contributed by atoms with van der Waals surface area (Å²) in [7, 11) is 0. The highest BCUT2D eigenvalue weighted by molar-refractivity contribution is 7.14. The van der Waals surface area contributed by atoms with Crippen LogP contribution < -0.4 is 5.32 Å². The zero-order valence-corrected chi connectivity index (χ0v) is 14.3. The van der Waals surface area contributed by atoms with Crippen molar-refractivity contribution in [2.75, 3.05) is 5.32 Å². The van der Waals surface area contributed by atoms with Crippen LogP contribution in [0.15, 0.2) is 29.6 Å². The van der Waals surface area contributed by atoms with E-state index < -0.39 is 11.5 Å². The summed E-state index contributed by atoms with van der Waals surface area (Å²) in [5.41, 5.74) is 0.831. The summed E-state index contributed by atoms with van der Waals surface area (Å²) in [6.45, 7) is 0. The van der Waals surface area contributed by atoms with E-state index in [1.54, 1.807) is 12.1 Å². The van der Waals surface area contributed by atoms with Crippen LogP contribution in [0.25, 0.3) is 11.3 Å². The molecule has 1 atom stereocenters. The molecule has 0 bridgehead atoms. The van der Waals surface area contributed by atoms with Gasteiger partial charge in [0.25, 0.3) is 0 Å². The number of carbonyl (C=O) groups excluding carboxylic acids is 2. The smallest absolute Gasteiger partial charge is 0.307 e. The van der Waals surface area contributed by atoms with Gasteiger partial charge in [-0.15, -0.1) is 11.3 Å². The number of halogens is 1. The number of nitrogens with zero attached hydrogens (tertiary/aromatic N) is 1. The number of aromatic nitrogens is 1. The number of nitrogens with one attached hydrogen (secondary N) is 1. The van der Waals surface area contributed by atoms with E-state index in [0.717, 1.165) is 31.2 Å². The summed E-state index contributed by atoms with van der Waals surface area (Å²) in [6, 6.07) is 6.04. The van der Waals surface area contributed by atoms with Gasteiger partial charge in [-0.2, -0.15) is 0 Å². The van der Waals surface area contributed by atoms with Crippen LogP contribution >= 0.6 is 11.3 Å². The lowest BCUT2D eigenvalue weighted by atomic mass is 9.85. The Balaban J connectivity index is 1.50. The Kier molecular flexibility index (Phi) is 4.03. The van der Waals surface area contributed by atoms with Gasteiger partial charge in [-0.25, -0.2) is 9.37 Å². The van der Waals surface area contributed by atoms with Gasteiger partial charge in [0.15, 0.2) is 5.13 Å².